The van der Waals surface area contributed by atoms with Gasteiger partial charge in [0.15, 0.2) is 5.16 Å². The highest BCUT2D eigenvalue weighted by Gasteiger charge is 2.23. The first kappa shape index (κ1) is 24.5. The number of fused-ring (bicyclic) bond motifs is 1. The smallest absolute Gasteiger partial charge is 0.262 e. The van der Waals surface area contributed by atoms with Crippen LogP contribution in [0.25, 0.3) is 10.9 Å². The summed E-state index contributed by atoms with van der Waals surface area (Å²) >= 11 is 1.11. The Labute approximate surface area is 196 Å². The van der Waals surface area contributed by atoms with E-state index in [1.165, 1.54) is 37.9 Å². The highest BCUT2D eigenvalue weighted by Crippen LogP contribution is 2.29. The largest absolute Gasteiger partial charge is 0.495 e. The lowest BCUT2D eigenvalue weighted by Crippen LogP contribution is -2.24. The van der Waals surface area contributed by atoms with Gasteiger partial charge in [-0.2, -0.15) is 0 Å². The number of sulfonamides is 1. The number of nitrogens with one attached hydrogen (secondary N) is 1. The van der Waals surface area contributed by atoms with Gasteiger partial charge in [0.2, 0.25) is 15.9 Å². The molecule has 11 heteroatoms. The van der Waals surface area contributed by atoms with Gasteiger partial charge in [0.1, 0.15) is 10.6 Å². The predicted molar refractivity (Wildman–Crippen MR) is 129 cm³/mol. The van der Waals surface area contributed by atoms with Crippen molar-refractivity contribution >= 4 is 44.3 Å². The summed E-state index contributed by atoms with van der Waals surface area (Å²) in [6.07, 6.45) is 1.59. The van der Waals surface area contributed by atoms with Gasteiger partial charge in [0.25, 0.3) is 5.56 Å². The van der Waals surface area contributed by atoms with Gasteiger partial charge in [-0.15, -0.1) is 6.58 Å². The van der Waals surface area contributed by atoms with Crippen LogP contribution in [0.5, 0.6) is 5.75 Å². The summed E-state index contributed by atoms with van der Waals surface area (Å²) in [5, 5.41) is 3.56. The van der Waals surface area contributed by atoms with Crippen LogP contribution < -0.4 is 15.6 Å². The van der Waals surface area contributed by atoms with E-state index in [0.717, 1.165) is 16.1 Å². The Kier molecular flexibility index (Phi) is 7.57. The van der Waals surface area contributed by atoms with E-state index >= 15 is 0 Å². The van der Waals surface area contributed by atoms with E-state index in [-0.39, 0.29) is 34.4 Å². The van der Waals surface area contributed by atoms with Gasteiger partial charge in [0.05, 0.1) is 23.8 Å². The number of para-hydroxylation sites is 1. The Morgan fingerprint density at radius 1 is 1.27 bits per heavy atom. The van der Waals surface area contributed by atoms with Gasteiger partial charge in [-0.25, -0.2) is 17.7 Å². The van der Waals surface area contributed by atoms with E-state index < -0.39 is 10.0 Å². The number of anilines is 1. The van der Waals surface area contributed by atoms with E-state index in [4.69, 9.17) is 4.74 Å². The lowest BCUT2D eigenvalue weighted by molar-refractivity contribution is -0.113. The number of benzene rings is 2. The Bertz CT molecular complexity index is 1370. The highest BCUT2D eigenvalue weighted by molar-refractivity contribution is 7.99. The zero-order chi connectivity index (χ0) is 24.2. The van der Waals surface area contributed by atoms with E-state index in [2.05, 4.69) is 16.9 Å². The number of rotatable bonds is 9. The monoisotopic (exact) mass is 488 g/mol. The summed E-state index contributed by atoms with van der Waals surface area (Å²) in [7, 11) is 0.422. The van der Waals surface area contributed by atoms with Crippen molar-refractivity contribution in [2.75, 3.05) is 32.3 Å². The molecule has 1 heterocycles. The number of methoxy groups -OCH3 is 1. The first-order valence-corrected chi connectivity index (χ1v) is 12.2. The molecule has 0 spiro atoms. The molecular weight excluding hydrogens is 464 g/mol. The molecule has 3 rings (SSSR count). The molecule has 2 aromatic carbocycles. The summed E-state index contributed by atoms with van der Waals surface area (Å²) in [6, 6.07) is 11.4. The van der Waals surface area contributed by atoms with Crippen molar-refractivity contribution in [2.24, 2.45) is 0 Å². The average Bonchev–Trinajstić information content (AvgIpc) is 2.79. The van der Waals surface area contributed by atoms with Crippen molar-refractivity contribution < 1.29 is 17.9 Å². The molecular formula is C22H24N4O5S2. The van der Waals surface area contributed by atoms with Crippen LogP contribution in [0.2, 0.25) is 0 Å². The molecule has 0 atom stereocenters. The fraction of sp³-hybridized carbons (Fsp3) is 0.227. The molecule has 1 amide bonds. The SMILES string of the molecule is C=CCn1c(SCC(=O)Nc2ccc(OC)c(S(=O)(=O)N(C)C)c2)nc2ccccc2c1=O. The van der Waals surface area contributed by atoms with Crippen molar-refractivity contribution in [1.29, 1.82) is 0 Å². The molecule has 3 aromatic rings. The van der Waals surface area contributed by atoms with Crippen LogP contribution in [0.15, 0.2) is 70.0 Å². The highest BCUT2D eigenvalue weighted by atomic mass is 32.2. The van der Waals surface area contributed by atoms with Crippen LogP contribution in [-0.2, 0) is 21.4 Å². The molecule has 33 heavy (non-hydrogen) atoms. The predicted octanol–water partition coefficient (Wildman–Crippen LogP) is 2.57. The summed E-state index contributed by atoms with van der Waals surface area (Å²) in [5.74, 6) is -0.250. The van der Waals surface area contributed by atoms with Crippen LogP contribution in [0.1, 0.15) is 0 Å². The minimum atomic E-state index is -3.78. The number of allylic oxidation sites excluding steroid dienone is 1. The molecule has 1 N–H and O–H groups in total. The van der Waals surface area contributed by atoms with Gasteiger partial charge >= 0.3 is 0 Å². The van der Waals surface area contributed by atoms with Crippen LogP contribution in [-0.4, -0.2) is 55.1 Å². The number of carbonyl (C=O) groups excluding carboxylic acids is 1. The Balaban J connectivity index is 1.83. The maximum Gasteiger partial charge on any atom is 0.262 e. The summed E-state index contributed by atoms with van der Waals surface area (Å²) in [5.41, 5.74) is 0.633. The molecule has 9 nitrogen and oxygen atoms in total. The maximum atomic E-state index is 12.8. The van der Waals surface area contributed by atoms with Crippen LogP contribution in [0.3, 0.4) is 0 Å². The van der Waals surface area contributed by atoms with Crippen LogP contribution in [0, 0.1) is 0 Å². The number of carbonyl (C=O) groups is 1. The second kappa shape index (κ2) is 10.2. The van der Waals surface area contributed by atoms with Gasteiger partial charge in [-0.3, -0.25) is 14.2 Å². The quantitative estimate of drug-likeness (QED) is 0.280. The average molecular weight is 489 g/mol. The normalized spacial score (nSPS) is 11.5. The third kappa shape index (κ3) is 5.27. The van der Waals surface area contributed by atoms with Crippen molar-refractivity contribution in [3.05, 3.63) is 65.5 Å². The number of thioether (sulfide) groups is 1. The lowest BCUT2D eigenvalue weighted by Gasteiger charge is -2.16. The molecule has 0 bridgehead atoms. The topological polar surface area (TPSA) is 111 Å². The van der Waals surface area contributed by atoms with Crippen molar-refractivity contribution in [3.8, 4) is 5.75 Å². The fourth-order valence-corrected chi connectivity index (χ4v) is 4.91. The third-order valence-electron chi connectivity index (χ3n) is 4.68. The summed E-state index contributed by atoms with van der Waals surface area (Å²) in [6.45, 7) is 3.94. The lowest BCUT2D eigenvalue weighted by atomic mass is 10.2. The van der Waals surface area contributed by atoms with Gasteiger partial charge in [-0.05, 0) is 30.3 Å². The van der Waals surface area contributed by atoms with Gasteiger partial charge in [-0.1, -0.05) is 30.0 Å². The Hall–Kier alpha value is -3.15. The zero-order valence-corrected chi connectivity index (χ0v) is 20.1. The molecule has 0 unspecified atom stereocenters. The zero-order valence-electron chi connectivity index (χ0n) is 18.4. The molecule has 1 aromatic heterocycles. The minimum Gasteiger partial charge on any atom is -0.495 e. The first-order chi connectivity index (χ1) is 15.7. The Morgan fingerprint density at radius 3 is 2.67 bits per heavy atom. The molecule has 0 saturated carbocycles. The third-order valence-corrected chi connectivity index (χ3v) is 7.49. The molecule has 174 valence electrons. The van der Waals surface area contributed by atoms with E-state index in [1.807, 2.05) is 0 Å². The van der Waals surface area contributed by atoms with E-state index in [9.17, 15) is 18.0 Å². The minimum absolute atomic E-state index is 0.0380. The molecule has 0 aliphatic rings. The number of ether oxygens (including phenoxy) is 1. The van der Waals surface area contributed by atoms with Crippen LogP contribution >= 0.6 is 11.8 Å². The van der Waals surface area contributed by atoms with Gasteiger partial charge < -0.3 is 10.1 Å². The fourth-order valence-electron chi connectivity index (χ4n) is 3.03. The molecule has 0 aliphatic carbocycles. The molecule has 0 saturated heterocycles. The number of aromatic nitrogens is 2. The van der Waals surface area contributed by atoms with E-state index in [1.54, 1.807) is 36.4 Å². The maximum absolute atomic E-state index is 12.8. The summed E-state index contributed by atoms with van der Waals surface area (Å²) in [4.78, 5) is 29.9. The van der Waals surface area contributed by atoms with Crippen molar-refractivity contribution in [2.45, 2.75) is 16.6 Å². The van der Waals surface area contributed by atoms with Gasteiger partial charge in [0, 0.05) is 26.3 Å². The summed E-state index contributed by atoms with van der Waals surface area (Å²) < 4.78 is 32.8. The first-order valence-electron chi connectivity index (χ1n) is 9.82. The molecule has 0 radical (unpaired) electrons. The molecule has 0 fully saturated rings. The second-order valence-electron chi connectivity index (χ2n) is 7.11. The van der Waals surface area contributed by atoms with E-state index in [0.29, 0.717) is 21.7 Å². The number of nitrogens with zero attached hydrogens (tertiary/aromatic N) is 3. The number of hydrogen-bond donors (Lipinski definition) is 1. The molecule has 0 aliphatic heterocycles. The van der Waals surface area contributed by atoms with Crippen LogP contribution in [0.4, 0.5) is 5.69 Å². The standard InChI is InChI=1S/C22H24N4O5S2/c1-5-12-26-21(28)16-8-6-7-9-17(16)24-22(26)32-14-20(27)23-15-10-11-18(31-4)19(13-15)33(29,30)25(2)3/h5-11,13H,1,12,14H2,2-4H3,(H,23,27). The number of hydrogen-bond acceptors (Lipinski definition) is 7. The second-order valence-corrected chi connectivity index (χ2v) is 10.2. The Morgan fingerprint density at radius 2 is 2.00 bits per heavy atom. The number of amides is 1. The van der Waals surface area contributed by atoms with Crippen molar-refractivity contribution in [3.63, 3.8) is 0 Å². The van der Waals surface area contributed by atoms with Crippen molar-refractivity contribution in [1.82, 2.24) is 13.9 Å².